The van der Waals surface area contributed by atoms with Gasteiger partial charge in [-0.1, -0.05) is 0 Å². The number of hydrogen-bond acceptors (Lipinski definition) is 5. The Morgan fingerprint density at radius 3 is 2.77 bits per heavy atom. The molecule has 2 amide bonds. The smallest absolute Gasteiger partial charge is 0.261 e. The maximum absolute atomic E-state index is 13.5. The highest BCUT2D eigenvalue weighted by Gasteiger charge is 2.24. The van der Waals surface area contributed by atoms with Crippen LogP contribution in [0, 0.1) is 5.82 Å². The number of ether oxygens (including phenoxy) is 1. The van der Waals surface area contributed by atoms with Gasteiger partial charge in [0.1, 0.15) is 11.4 Å². The molecule has 1 aromatic carbocycles. The normalized spacial score (nSPS) is 17.6. The number of rotatable bonds is 5. The van der Waals surface area contributed by atoms with Gasteiger partial charge >= 0.3 is 0 Å². The van der Waals surface area contributed by atoms with Crippen molar-refractivity contribution in [2.75, 3.05) is 44.7 Å². The lowest BCUT2D eigenvalue weighted by Gasteiger charge is -2.26. The van der Waals surface area contributed by atoms with Crippen LogP contribution in [0.5, 0.6) is 0 Å². The minimum Gasteiger partial charge on any atom is -0.379 e. The number of benzene rings is 1. The molecule has 156 valence electrons. The molecule has 1 aromatic heterocycles. The van der Waals surface area contributed by atoms with Crippen LogP contribution in [0.2, 0.25) is 0 Å². The number of fused-ring (bicyclic) bond motifs is 1. The van der Waals surface area contributed by atoms with E-state index in [9.17, 15) is 18.8 Å². The van der Waals surface area contributed by atoms with Gasteiger partial charge in [0, 0.05) is 43.1 Å². The number of carbonyl (C=O) groups is 2. The molecule has 1 saturated heterocycles. The van der Waals surface area contributed by atoms with Crippen molar-refractivity contribution >= 4 is 29.2 Å². The first-order chi connectivity index (χ1) is 14.5. The number of amides is 2. The number of aromatic nitrogens is 1. The fourth-order valence-corrected chi connectivity index (χ4v) is 3.46. The Morgan fingerprint density at radius 2 is 2.00 bits per heavy atom. The van der Waals surface area contributed by atoms with E-state index in [-0.39, 0.29) is 17.0 Å². The lowest BCUT2D eigenvalue weighted by molar-refractivity contribution is -0.110. The summed E-state index contributed by atoms with van der Waals surface area (Å²) in [5.74, 6) is -1.31. The number of morpholine rings is 1. The van der Waals surface area contributed by atoms with Gasteiger partial charge in [0.25, 0.3) is 17.4 Å². The van der Waals surface area contributed by atoms with Crippen molar-refractivity contribution in [3.05, 3.63) is 63.3 Å². The van der Waals surface area contributed by atoms with Gasteiger partial charge in [-0.2, -0.15) is 0 Å². The number of nitrogens with one attached hydrogen (secondary N) is 3. The number of halogens is 1. The predicted octanol–water partition coefficient (Wildman–Crippen LogP) is 1.07. The highest BCUT2D eigenvalue weighted by Crippen LogP contribution is 2.33. The zero-order valence-corrected chi connectivity index (χ0v) is 16.2. The number of H-pyrrole nitrogens is 1. The number of anilines is 1. The fourth-order valence-electron chi connectivity index (χ4n) is 3.46. The number of hydrogen-bond donors (Lipinski definition) is 3. The van der Waals surface area contributed by atoms with Gasteiger partial charge in [0.15, 0.2) is 0 Å². The Bertz CT molecular complexity index is 1070. The summed E-state index contributed by atoms with van der Waals surface area (Å²) in [5.41, 5.74) is 0.930. The molecule has 9 heteroatoms. The topological polar surface area (TPSA) is 104 Å². The summed E-state index contributed by atoms with van der Waals surface area (Å²) in [6, 6.07) is 6.95. The average molecular weight is 412 g/mol. The molecular weight excluding hydrogens is 391 g/mol. The summed E-state index contributed by atoms with van der Waals surface area (Å²) in [6.07, 6.45) is 1.46. The summed E-state index contributed by atoms with van der Waals surface area (Å²) in [6.45, 7) is 4.11. The molecule has 0 aliphatic carbocycles. The third kappa shape index (κ3) is 4.32. The summed E-state index contributed by atoms with van der Waals surface area (Å²) in [7, 11) is 0. The zero-order chi connectivity index (χ0) is 21.1. The van der Waals surface area contributed by atoms with E-state index in [0.717, 1.165) is 13.1 Å². The van der Waals surface area contributed by atoms with E-state index in [2.05, 4.69) is 20.5 Å². The predicted molar refractivity (Wildman–Crippen MR) is 110 cm³/mol. The third-order valence-corrected chi connectivity index (χ3v) is 5.06. The Balaban J connectivity index is 1.45. The number of nitrogens with zero attached hydrogens (tertiary/aromatic N) is 1. The van der Waals surface area contributed by atoms with Crippen molar-refractivity contribution in [2.24, 2.45) is 0 Å². The van der Waals surface area contributed by atoms with E-state index in [4.69, 9.17) is 4.74 Å². The molecular formula is C21H21FN4O4. The van der Waals surface area contributed by atoms with Gasteiger partial charge < -0.3 is 20.4 Å². The maximum atomic E-state index is 13.5. The maximum Gasteiger partial charge on any atom is 0.261 e. The largest absolute Gasteiger partial charge is 0.379 e. The lowest BCUT2D eigenvalue weighted by atomic mass is 10.1. The molecule has 0 saturated carbocycles. The first-order valence-electron chi connectivity index (χ1n) is 9.66. The van der Waals surface area contributed by atoms with Crippen LogP contribution in [-0.4, -0.2) is 61.1 Å². The van der Waals surface area contributed by atoms with Gasteiger partial charge in [-0.3, -0.25) is 19.3 Å². The van der Waals surface area contributed by atoms with Crippen molar-refractivity contribution in [2.45, 2.75) is 0 Å². The second kappa shape index (κ2) is 8.60. The van der Waals surface area contributed by atoms with Crippen molar-refractivity contribution in [3.63, 3.8) is 0 Å². The number of pyridine rings is 1. The van der Waals surface area contributed by atoms with Crippen molar-refractivity contribution in [1.29, 1.82) is 0 Å². The fraction of sp³-hybridized carbons (Fsp3) is 0.286. The minimum absolute atomic E-state index is 0.0126. The van der Waals surface area contributed by atoms with Crippen LogP contribution in [0.15, 0.2) is 35.1 Å². The monoisotopic (exact) mass is 412 g/mol. The van der Waals surface area contributed by atoms with E-state index < -0.39 is 17.3 Å². The second-order valence-corrected chi connectivity index (χ2v) is 7.07. The van der Waals surface area contributed by atoms with E-state index in [1.54, 1.807) is 0 Å². The van der Waals surface area contributed by atoms with Gasteiger partial charge in [0.2, 0.25) is 0 Å². The van der Waals surface area contributed by atoms with Crippen LogP contribution in [0.4, 0.5) is 10.1 Å². The summed E-state index contributed by atoms with van der Waals surface area (Å²) in [5, 5.41) is 5.39. The van der Waals surface area contributed by atoms with Crippen LogP contribution >= 0.6 is 0 Å². The van der Waals surface area contributed by atoms with Crippen molar-refractivity contribution in [3.8, 4) is 0 Å². The Kier molecular flexibility index (Phi) is 5.73. The molecule has 0 spiro atoms. The molecule has 0 atom stereocenters. The lowest BCUT2D eigenvalue weighted by Crippen LogP contribution is -2.42. The molecule has 2 aliphatic heterocycles. The SMILES string of the molecule is O=C1Nc2ccc(F)cc2/C1=C/c1ccc(C(=O)NCCN2CCOCC2)c(=O)[nH]1. The van der Waals surface area contributed by atoms with Gasteiger partial charge in [0.05, 0.1) is 18.8 Å². The highest BCUT2D eigenvalue weighted by atomic mass is 19.1. The molecule has 0 unspecified atom stereocenters. The van der Waals surface area contributed by atoms with Crippen LogP contribution in [-0.2, 0) is 9.53 Å². The Hall–Kier alpha value is -3.30. The molecule has 2 aliphatic rings. The summed E-state index contributed by atoms with van der Waals surface area (Å²) >= 11 is 0. The van der Waals surface area contributed by atoms with Crippen LogP contribution in [0.1, 0.15) is 21.6 Å². The Labute approximate surface area is 171 Å². The van der Waals surface area contributed by atoms with E-state index in [1.165, 1.54) is 36.4 Å². The van der Waals surface area contributed by atoms with Gasteiger partial charge in [-0.05, 0) is 36.4 Å². The minimum atomic E-state index is -0.564. The van der Waals surface area contributed by atoms with Crippen LogP contribution in [0.3, 0.4) is 0 Å². The van der Waals surface area contributed by atoms with E-state index >= 15 is 0 Å². The van der Waals surface area contributed by atoms with E-state index in [0.29, 0.717) is 43.2 Å². The van der Waals surface area contributed by atoms with Crippen molar-refractivity contribution in [1.82, 2.24) is 15.2 Å². The van der Waals surface area contributed by atoms with E-state index in [1.807, 2.05) is 0 Å². The van der Waals surface area contributed by atoms with Gasteiger partial charge in [-0.15, -0.1) is 0 Å². The first kappa shape index (κ1) is 20.0. The second-order valence-electron chi connectivity index (χ2n) is 7.07. The molecule has 4 rings (SSSR count). The van der Waals surface area contributed by atoms with Crippen LogP contribution < -0.4 is 16.2 Å². The number of carbonyl (C=O) groups excluding carboxylic acids is 2. The quantitative estimate of drug-likeness (QED) is 0.638. The molecule has 8 nitrogen and oxygen atoms in total. The average Bonchev–Trinajstić information content (AvgIpc) is 3.03. The first-order valence-corrected chi connectivity index (χ1v) is 9.66. The highest BCUT2D eigenvalue weighted by molar-refractivity contribution is 6.34. The van der Waals surface area contributed by atoms with Crippen molar-refractivity contribution < 1.29 is 18.7 Å². The summed E-state index contributed by atoms with van der Waals surface area (Å²) < 4.78 is 18.8. The summed E-state index contributed by atoms with van der Waals surface area (Å²) in [4.78, 5) is 41.6. The van der Waals surface area contributed by atoms with Gasteiger partial charge in [-0.25, -0.2) is 4.39 Å². The molecule has 3 N–H and O–H groups in total. The number of aromatic amines is 1. The zero-order valence-electron chi connectivity index (χ0n) is 16.2. The molecule has 0 radical (unpaired) electrons. The molecule has 1 fully saturated rings. The molecule has 3 heterocycles. The Morgan fingerprint density at radius 1 is 1.20 bits per heavy atom. The molecule has 0 bridgehead atoms. The molecule has 30 heavy (non-hydrogen) atoms. The van der Waals surface area contributed by atoms with Crippen LogP contribution in [0.25, 0.3) is 11.6 Å². The third-order valence-electron chi connectivity index (χ3n) is 5.06. The standard InChI is InChI=1S/C21H21FN4O4/c22-13-1-4-18-16(11-13)17(21(29)25-18)12-14-2-3-15(20(28)24-14)19(27)23-5-6-26-7-9-30-10-8-26/h1-4,11-12H,5-10H2,(H,23,27)(H,24,28)(H,25,29)/b17-12-. The molecule has 2 aromatic rings.